The van der Waals surface area contributed by atoms with Gasteiger partial charge in [-0.25, -0.2) is 0 Å². The second-order valence-corrected chi connectivity index (χ2v) is 6.87. The Hall–Kier alpha value is -2.11. The monoisotopic (exact) mass is 388 g/mol. The quantitative estimate of drug-likeness (QED) is 0.635. The van der Waals surface area contributed by atoms with Crippen LogP contribution in [0.4, 0.5) is 0 Å². The number of phenols is 1. The van der Waals surface area contributed by atoms with Crippen LogP contribution < -0.4 is 9.22 Å². The SMILES string of the molecule is COc1ccc(Cn2cnc([As])c3nc(C(C)(C)O)nc2-3)cc1O. The summed E-state index contributed by atoms with van der Waals surface area (Å²) < 4.78 is 7.57. The normalized spacial score (nSPS) is 11.9. The first-order valence-corrected chi connectivity index (χ1v) is 8.24. The molecular weight excluding hydrogens is 371 g/mol. The molecule has 1 aromatic carbocycles. The first kappa shape index (κ1) is 16.7. The third-order valence-electron chi connectivity index (χ3n) is 3.59. The molecule has 0 aliphatic carbocycles. The van der Waals surface area contributed by atoms with E-state index in [0.717, 1.165) is 5.56 Å². The third-order valence-corrected chi connectivity index (χ3v) is 4.27. The molecule has 0 unspecified atom stereocenters. The van der Waals surface area contributed by atoms with Gasteiger partial charge in [-0.1, -0.05) is 0 Å². The van der Waals surface area contributed by atoms with E-state index in [0.29, 0.717) is 34.1 Å². The number of nitrogens with zero attached hydrogens (tertiary/aromatic N) is 4. The third kappa shape index (κ3) is 3.09. The van der Waals surface area contributed by atoms with Crippen LogP contribution in [0.15, 0.2) is 24.5 Å². The zero-order valence-corrected chi connectivity index (χ0v) is 15.4. The summed E-state index contributed by atoms with van der Waals surface area (Å²) in [6, 6.07) is 5.21. The Balaban J connectivity index is 2.02. The number of fused-ring (bicyclic) bond motifs is 1. The van der Waals surface area contributed by atoms with Crippen LogP contribution in [0.3, 0.4) is 0 Å². The van der Waals surface area contributed by atoms with Gasteiger partial charge in [0, 0.05) is 0 Å². The zero-order valence-electron chi connectivity index (χ0n) is 13.6. The average Bonchev–Trinajstić information content (AvgIpc) is 2.97. The molecule has 2 heterocycles. The minimum absolute atomic E-state index is 0.0781. The topological polar surface area (TPSA) is 93.3 Å². The molecule has 2 aliphatic rings. The molecule has 0 saturated heterocycles. The van der Waals surface area contributed by atoms with E-state index in [9.17, 15) is 10.2 Å². The molecular formula is C16H17AsN4O3. The number of phenolic OH excluding ortho intramolecular Hbond substituents is 1. The molecule has 1 aromatic rings. The van der Waals surface area contributed by atoms with Crippen molar-refractivity contribution in [1.29, 1.82) is 0 Å². The number of methoxy groups -OCH3 is 1. The van der Waals surface area contributed by atoms with Crippen molar-refractivity contribution in [3.63, 3.8) is 0 Å². The summed E-state index contributed by atoms with van der Waals surface area (Å²) in [6.07, 6.45) is 1.67. The number of aromatic hydroxyl groups is 1. The molecule has 124 valence electrons. The van der Waals surface area contributed by atoms with E-state index in [1.165, 1.54) is 7.11 Å². The van der Waals surface area contributed by atoms with Gasteiger partial charge in [-0.15, -0.1) is 0 Å². The summed E-state index contributed by atoms with van der Waals surface area (Å²) in [5.41, 5.74) is 0.370. The van der Waals surface area contributed by atoms with Gasteiger partial charge in [-0.2, -0.15) is 0 Å². The van der Waals surface area contributed by atoms with E-state index in [4.69, 9.17) is 4.74 Å². The van der Waals surface area contributed by atoms with E-state index in [1.807, 2.05) is 10.6 Å². The first-order chi connectivity index (χ1) is 11.3. The molecule has 0 spiro atoms. The van der Waals surface area contributed by atoms with Crippen LogP contribution in [-0.4, -0.2) is 53.7 Å². The molecule has 0 fully saturated rings. The van der Waals surface area contributed by atoms with Crippen molar-refractivity contribution in [2.75, 3.05) is 7.11 Å². The van der Waals surface area contributed by atoms with E-state index < -0.39 is 5.60 Å². The van der Waals surface area contributed by atoms with Gasteiger partial charge in [-0.3, -0.25) is 0 Å². The fourth-order valence-corrected chi connectivity index (χ4v) is 2.77. The first-order valence-electron chi connectivity index (χ1n) is 7.30. The van der Waals surface area contributed by atoms with Crippen molar-refractivity contribution < 1.29 is 14.9 Å². The van der Waals surface area contributed by atoms with Crippen molar-refractivity contribution in [1.82, 2.24) is 19.5 Å². The number of hydrogen-bond acceptors (Lipinski definition) is 6. The predicted octanol–water partition coefficient (Wildman–Crippen LogP) is 0.562. The molecule has 8 heteroatoms. The van der Waals surface area contributed by atoms with Crippen LogP contribution in [0.2, 0.25) is 0 Å². The number of rotatable bonds is 4. The molecule has 0 bridgehead atoms. The maximum atomic E-state index is 10.1. The summed E-state index contributed by atoms with van der Waals surface area (Å²) >= 11 is 2.36. The molecule has 7 nitrogen and oxygen atoms in total. The van der Waals surface area contributed by atoms with E-state index in [2.05, 4.69) is 31.8 Å². The van der Waals surface area contributed by atoms with Crippen molar-refractivity contribution >= 4 is 21.3 Å². The van der Waals surface area contributed by atoms with Gasteiger partial charge < -0.3 is 0 Å². The Morgan fingerprint density at radius 2 is 2.04 bits per heavy atom. The molecule has 2 N–H and O–H groups in total. The van der Waals surface area contributed by atoms with Gasteiger partial charge in [0.05, 0.1) is 0 Å². The molecule has 3 rings (SSSR count). The average molecular weight is 388 g/mol. The summed E-state index contributed by atoms with van der Waals surface area (Å²) in [4.78, 5) is 13.2. The molecule has 0 atom stereocenters. The van der Waals surface area contributed by atoms with Crippen molar-refractivity contribution in [2.45, 2.75) is 26.0 Å². The molecule has 2 aliphatic heterocycles. The predicted molar refractivity (Wildman–Crippen MR) is 88.8 cm³/mol. The Bertz CT molecular complexity index is 857. The van der Waals surface area contributed by atoms with Gasteiger partial charge in [0.1, 0.15) is 0 Å². The van der Waals surface area contributed by atoms with Crippen LogP contribution in [-0.2, 0) is 12.1 Å². The minimum atomic E-state index is -1.13. The molecule has 0 saturated carbocycles. The summed E-state index contributed by atoms with van der Waals surface area (Å²) in [5.74, 6) is 1.48. The van der Waals surface area contributed by atoms with Crippen LogP contribution in [0.1, 0.15) is 25.2 Å². The van der Waals surface area contributed by atoms with Crippen LogP contribution in [0.5, 0.6) is 11.5 Å². The Morgan fingerprint density at radius 1 is 1.29 bits per heavy atom. The number of imidazole rings is 1. The molecule has 0 aromatic heterocycles. The van der Waals surface area contributed by atoms with E-state index in [1.54, 1.807) is 32.3 Å². The van der Waals surface area contributed by atoms with Gasteiger partial charge in [0.15, 0.2) is 0 Å². The Labute approximate surface area is 148 Å². The molecule has 24 heavy (non-hydrogen) atoms. The Morgan fingerprint density at radius 3 is 2.67 bits per heavy atom. The summed E-state index contributed by atoms with van der Waals surface area (Å²) in [5, 5.41) is 20.1. The van der Waals surface area contributed by atoms with Gasteiger partial charge in [-0.05, 0) is 0 Å². The van der Waals surface area contributed by atoms with Gasteiger partial charge in [0.25, 0.3) is 0 Å². The van der Waals surface area contributed by atoms with Gasteiger partial charge in [0.2, 0.25) is 0 Å². The van der Waals surface area contributed by atoms with Gasteiger partial charge >= 0.3 is 148 Å². The summed E-state index contributed by atoms with van der Waals surface area (Å²) in [7, 11) is 1.51. The fourth-order valence-electron chi connectivity index (χ4n) is 2.34. The van der Waals surface area contributed by atoms with E-state index >= 15 is 0 Å². The second kappa shape index (κ2) is 6.07. The van der Waals surface area contributed by atoms with E-state index in [-0.39, 0.29) is 5.75 Å². The molecule has 2 radical (unpaired) electrons. The van der Waals surface area contributed by atoms with Crippen molar-refractivity contribution in [3.05, 3.63) is 35.9 Å². The molecule has 0 amide bonds. The van der Waals surface area contributed by atoms with Crippen molar-refractivity contribution in [3.8, 4) is 23.0 Å². The fraction of sp³-hybridized carbons (Fsp3) is 0.312. The second-order valence-electron chi connectivity index (χ2n) is 5.98. The van der Waals surface area contributed by atoms with Crippen LogP contribution >= 0.6 is 0 Å². The zero-order chi connectivity index (χ0) is 17.5. The Kier molecular flexibility index (Phi) is 4.23. The number of hydrogen-bond donors (Lipinski definition) is 2. The maximum absolute atomic E-state index is 10.1. The number of aromatic nitrogens is 4. The van der Waals surface area contributed by atoms with Crippen LogP contribution in [0.25, 0.3) is 11.5 Å². The number of benzene rings is 1. The van der Waals surface area contributed by atoms with Crippen molar-refractivity contribution in [2.24, 2.45) is 0 Å². The summed E-state index contributed by atoms with van der Waals surface area (Å²) in [6.45, 7) is 3.74. The standard InChI is InChI=1S/C16H17AsN4O3/c1-16(2,23)15-19-12-13(17)18-8-21(14(12)20-15)7-9-4-5-11(24-3)10(22)6-9/h4-6,8,22-23H,7H2,1-3H3. The number of ether oxygens (including phenoxy) is 1. The number of aliphatic hydroxyl groups is 1. The van der Waals surface area contributed by atoms with Crippen LogP contribution in [0, 0.1) is 0 Å².